The Balaban J connectivity index is 1.97. The zero-order chi connectivity index (χ0) is 11.2. The molecule has 1 aromatic carbocycles. The van der Waals surface area contributed by atoms with Gasteiger partial charge in [0.25, 0.3) is 0 Å². The Hall–Kier alpha value is -1.75. The SMILES string of the molecule is CNCc1nnnn1CCc1ccccc1. The molecule has 0 spiro atoms. The topological polar surface area (TPSA) is 55.6 Å². The minimum atomic E-state index is 0.696. The second-order valence-electron chi connectivity index (χ2n) is 3.58. The number of hydrogen-bond donors (Lipinski definition) is 1. The molecular weight excluding hydrogens is 202 g/mol. The van der Waals surface area contributed by atoms with Gasteiger partial charge >= 0.3 is 0 Å². The summed E-state index contributed by atoms with van der Waals surface area (Å²) in [7, 11) is 1.89. The van der Waals surface area contributed by atoms with E-state index in [0.29, 0.717) is 6.54 Å². The largest absolute Gasteiger partial charge is 0.313 e. The number of hydrogen-bond acceptors (Lipinski definition) is 4. The second kappa shape index (κ2) is 5.37. The van der Waals surface area contributed by atoms with Gasteiger partial charge in [0.1, 0.15) is 0 Å². The van der Waals surface area contributed by atoms with Crippen LogP contribution in [0.25, 0.3) is 0 Å². The van der Waals surface area contributed by atoms with Gasteiger partial charge in [-0.15, -0.1) is 5.10 Å². The molecule has 0 fully saturated rings. The van der Waals surface area contributed by atoms with E-state index in [4.69, 9.17) is 0 Å². The highest BCUT2D eigenvalue weighted by Crippen LogP contribution is 2.02. The first-order chi connectivity index (χ1) is 7.90. The van der Waals surface area contributed by atoms with E-state index in [9.17, 15) is 0 Å². The highest BCUT2D eigenvalue weighted by atomic mass is 15.5. The molecule has 16 heavy (non-hydrogen) atoms. The minimum absolute atomic E-state index is 0.696. The third-order valence-corrected chi connectivity index (χ3v) is 2.40. The van der Waals surface area contributed by atoms with Crippen molar-refractivity contribution in [2.75, 3.05) is 7.05 Å². The summed E-state index contributed by atoms with van der Waals surface area (Å²) in [6.07, 6.45) is 0.947. The summed E-state index contributed by atoms with van der Waals surface area (Å²) in [4.78, 5) is 0. The molecule has 0 aliphatic carbocycles. The Kier molecular flexibility index (Phi) is 3.61. The molecule has 2 rings (SSSR count). The fourth-order valence-corrected chi connectivity index (χ4v) is 1.56. The van der Waals surface area contributed by atoms with Gasteiger partial charge in [0.15, 0.2) is 5.82 Å². The number of benzene rings is 1. The molecule has 1 N–H and O–H groups in total. The van der Waals surface area contributed by atoms with E-state index in [0.717, 1.165) is 18.8 Å². The van der Waals surface area contributed by atoms with Crippen LogP contribution < -0.4 is 5.32 Å². The molecule has 0 aliphatic heterocycles. The molecule has 0 saturated carbocycles. The van der Waals surface area contributed by atoms with Crippen molar-refractivity contribution in [2.24, 2.45) is 0 Å². The van der Waals surface area contributed by atoms with Gasteiger partial charge < -0.3 is 5.32 Å². The predicted octanol–water partition coefficient (Wildman–Crippen LogP) is 0.635. The third kappa shape index (κ3) is 2.64. The average molecular weight is 217 g/mol. The highest BCUT2D eigenvalue weighted by molar-refractivity contribution is 5.14. The standard InChI is InChI=1S/C11H15N5/c1-12-9-11-13-14-15-16(11)8-7-10-5-3-2-4-6-10/h2-6,12H,7-9H2,1H3. The van der Waals surface area contributed by atoms with Gasteiger partial charge in [0, 0.05) is 6.54 Å². The molecule has 5 nitrogen and oxygen atoms in total. The smallest absolute Gasteiger partial charge is 0.165 e. The molecule has 0 atom stereocenters. The van der Waals surface area contributed by atoms with Gasteiger partial charge in [-0.3, -0.25) is 0 Å². The molecular formula is C11H15N5. The summed E-state index contributed by atoms with van der Waals surface area (Å²) in [6, 6.07) is 10.3. The van der Waals surface area contributed by atoms with E-state index in [1.165, 1.54) is 5.56 Å². The Labute approximate surface area is 94.5 Å². The van der Waals surface area contributed by atoms with Crippen molar-refractivity contribution in [3.63, 3.8) is 0 Å². The molecule has 2 aromatic rings. The van der Waals surface area contributed by atoms with Gasteiger partial charge in [0.05, 0.1) is 6.54 Å². The zero-order valence-electron chi connectivity index (χ0n) is 9.30. The van der Waals surface area contributed by atoms with Crippen LogP contribution in [0, 0.1) is 0 Å². The monoisotopic (exact) mass is 217 g/mol. The summed E-state index contributed by atoms with van der Waals surface area (Å²) >= 11 is 0. The average Bonchev–Trinajstić information content (AvgIpc) is 2.76. The number of nitrogens with zero attached hydrogens (tertiary/aromatic N) is 4. The molecule has 0 aliphatic rings. The maximum atomic E-state index is 3.97. The maximum absolute atomic E-state index is 3.97. The van der Waals surface area contributed by atoms with Crippen molar-refractivity contribution < 1.29 is 0 Å². The number of aryl methyl sites for hydroxylation is 2. The fourth-order valence-electron chi connectivity index (χ4n) is 1.56. The van der Waals surface area contributed by atoms with Gasteiger partial charge in [0.2, 0.25) is 0 Å². The Morgan fingerprint density at radius 1 is 1.25 bits per heavy atom. The minimum Gasteiger partial charge on any atom is -0.313 e. The molecule has 1 heterocycles. The van der Waals surface area contributed by atoms with E-state index in [1.807, 2.05) is 29.9 Å². The van der Waals surface area contributed by atoms with Crippen LogP contribution >= 0.6 is 0 Å². The van der Waals surface area contributed by atoms with Crippen molar-refractivity contribution in [1.82, 2.24) is 25.5 Å². The van der Waals surface area contributed by atoms with E-state index < -0.39 is 0 Å². The van der Waals surface area contributed by atoms with Gasteiger partial charge in [-0.1, -0.05) is 30.3 Å². The molecule has 1 aromatic heterocycles. The van der Waals surface area contributed by atoms with Crippen LogP contribution in [-0.2, 0) is 19.5 Å². The predicted molar refractivity (Wildman–Crippen MR) is 60.7 cm³/mol. The van der Waals surface area contributed by atoms with Crippen molar-refractivity contribution in [2.45, 2.75) is 19.5 Å². The van der Waals surface area contributed by atoms with Gasteiger partial charge in [-0.2, -0.15) is 0 Å². The lowest BCUT2D eigenvalue weighted by molar-refractivity contribution is 0.553. The van der Waals surface area contributed by atoms with Crippen LogP contribution in [0.4, 0.5) is 0 Å². The Bertz CT molecular complexity index is 423. The lowest BCUT2D eigenvalue weighted by Crippen LogP contribution is -2.14. The molecule has 5 heteroatoms. The van der Waals surface area contributed by atoms with Crippen LogP contribution in [0.1, 0.15) is 11.4 Å². The van der Waals surface area contributed by atoms with Crippen molar-refractivity contribution in [1.29, 1.82) is 0 Å². The molecule has 0 amide bonds. The van der Waals surface area contributed by atoms with Crippen LogP contribution in [0.3, 0.4) is 0 Å². The van der Waals surface area contributed by atoms with E-state index in [-0.39, 0.29) is 0 Å². The van der Waals surface area contributed by atoms with Crippen molar-refractivity contribution >= 4 is 0 Å². The summed E-state index contributed by atoms with van der Waals surface area (Å²) < 4.78 is 1.84. The number of tetrazole rings is 1. The quantitative estimate of drug-likeness (QED) is 0.798. The number of aromatic nitrogens is 4. The summed E-state index contributed by atoms with van der Waals surface area (Å²) in [5.74, 6) is 0.874. The lowest BCUT2D eigenvalue weighted by Gasteiger charge is -2.04. The van der Waals surface area contributed by atoms with Gasteiger partial charge in [-0.25, -0.2) is 4.68 Å². The normalized spacial score (nSPS) is 10.6. The third-order valence-electron chi connectivity index (χ3n) is 2.40. The van der Waals surface area contributed by atoms with Crippen molar-refractivity contribution in [3.8, 4) is 0 Å². The van der Waals surface area contributed by atoms with Gasteiger partial charge in [-0.05, 0) is 29.5 Å². The number of rotatable bonds is 5. The van der Waals surface area contributed by atoms with Crippen molar-refractivity contribution in [3.05, 3.63) is 41.7 Å². The van der Waals surface area contributed by atoms with E-state index in [1.54, 1.807) is 0 Å². The summed E-state index contributed by atoms with van der Waals surface area (Å²) in [5.41, 5.74) is 1.30. The first-order valence-electron chi connectivity index (χ1n) is 5.33. The van der Waals surface area contributed by atoms with E-state index in [2.05, 4.69) is 33.0 Å². The Morgan fingerprint density at radius 3 is 2.81 bits per heavy atom. The number of nitrogens with one attached hydrogen (secondary N) is 1. The summed E-state index contributed by atoms with van der Waals surface area (Å²) in [6.45, 7) is 1.51. The fraction of sp³-hybridized carbons (Fsp3) is 0.364. The maximum Gasteiger partial charge on any atom is 0.165 e. The van der Waals surface area contributed by atoms with Crippen LogP contribution in [-0.4, -0.2) is 27.3 Å². The van der Waals surface area contributed by atoms with Crippen LogP contribution in [0.15, 0.2) is 30.3 Å². The molecule has 0 saturated heterocycles. The van der Waals surface area contributed by atoms with Crippen LogP contribution in [0.2, 0.25) is 0 Å². The van der Waals surface area contributed by atoms with Crippen LogP contribution in [0.5, 0.6) is 0 Å². The molecule has 0 unspecified atom stereocenters. The zero-order valence-corrected chi connectivity index (χ0v) is 9.30. The van der Waals surface area contributed by atoms with E-state index >= 15 is 0 Å². The first-order valence-corrected chi connectivity index (χ1v) is 5.33. The molecule has 84 valence electrons. The molecule has 0 radical (unpaired) electrons. The second-order valence-corrected chi connectivity index (χ2v) is 3.58. The highest BCUT2D eigenvalue weighted by Gasteiger charge is 2.04. The Morgan fingerprint density at radius 2 is 2.06 bits per heavy atom. The molecule has 0 bridgehead atoms. The first kappa shape index (κ1) is 10.8. The lowest BCUT2D eigenvalue weighted by atomic mass is 10.1. The summed E-state index contributed by atoms with van der Waals surface area (Å²) in [5, 5.41) is 14.6.